The van der Waals surface area contributed by atoms with Crippen molar-refractivity contribution in [2.75, 3.05) is 17.9 Å². The molecule has 8 heteroatoms. The molecule has 0 unspecified atom stereocenters. The summed E-state index contributed by atoms with van der Waals surface area (Å²) in [6, 6.07) is 9.65. The first-order valence-electron chi connectivity index (χ1n) is 9.89. The summed E-state index contributed by atoms with van der Waals surface area (Å²) in [5.74, 6) is 1.54. The number of ether oxygens (including phenoxy) is 4. The normalized spacial score (nSPS) is 16.8. The van der Waals surface area contributed by atoms with Gasteiger partial charge < -0.3 is 18.9 Å². The van der Waals surface area contributed by atoms with Crippen LogP contribution in [0.5, 0.6) is 23.0 Å². The second kappa shape index (κ2) is 7.67. The van der Waals surface area contributed by atoms with E-state index in [0.29, 0.717) is 41.9 Å². The number of sulfonamides is 1. The largest absolute Gasteiger partial charge is 0.490 e. The molecule has 1 N–H and O–H groups in total. The summed E-state index contributed by atoms with van der Waals surface area (Å²) in [6.45, 7) is 4.56. The van der Waals surface area contributed by atoms with E-state index in [1.807, 2.05) is 13.8 Å². The zero-order chi connectivity index (χ0) is 20.5. The molecule has 1 aliphatic carbocycles. The monoisotopic (exact) mass is 419 g/mol. The van der Waals surface area contributed by atoms with Crippen molar-refractivity contribution >= 4 is 15.7 Å². The lowest BCUT2D eigenvalue weighted by molar-refractivity contribution is -0.0716. The van der Waals surface area contributed by atoms with Crippen LogP contribution >= 0.6 is 0 Å². The Hall–Kier alpha value is -2.61. The average molecular weight is 419 g/mol. The van der Waals surface area contributed by atoms with Gasteiger partial charge in [-0.05, 0) is 51.0 Å². The minimum Gasteiger partial charge on any atom is -0.490 e. The van der Waals surface area contributed by atoms with Gasteiger partial charge in [0, 0.05) is 25.0 Å². The van der Waals surface area contributed by atoms with Gasteiger partial charge in [-0.25, -0.2) is 8.42 Å². The van der Waals surface area contributed by atoms with Crippen molar-refractivity contribution in [3.05, 3.63) is 36.4 Å². The fourth-order valence-electron chi connectivity index (χ4n) is 3.69. The highest BCUT2D eigenvalue weighted by molar-refractivity contribution is 7.92. The number of rotatable bonds is 7. The van der Waals surface area contributed by atoms with E-state index in [4.69, 9.17) is 18.9 Å². The fourth-order valence-corrected chi connectivity index (χ4v) is 4.75. The number of benzene rings is 2. The van der Waals surface area contributed by atoms with Crippen LogP contribution in [0.3, 0.4) is 0 Å². The second-order valence-electron chi connectivity index (χ2n) is 7.06. The lowest BCUT2D eigenvalue weighted by Crippen LogP contribution is -2.34. The molecular formula is C21H25NO6S. The molecule has 0 aromatic heterocycles. The van der Waals surface area contributed by atoms with Gasteiger partial charge in [0.15, 0.2) is 23.0 Å². The summed E-state index contributed by atoms with van der Waals surface area (Å²) >= 11 is 0. The van der Waals surface area contributed by atoms with E-state index in [1.165, 1.54) is 12.1 Å². The molecule has 2 aromatic carbocycles. The van der Waals surface area contributed by atoms with Crippen LogP contribution in [0.15, 0.2) is 41.3 Å². The molecule has 1 aliphatic heterocycles. The molecule has 0 amide bonds. The van der Waals surface area contributed by atoms with Gasteiger partial charge in [0.1, 0.15) is 0 Å². The first kappa shape index (κ1) is 19.7. The van der Waals surface area contributed by atoms with E-state index < -0.39 is 15.8 Å². The minimum atomic E-state index is -3.81. The molecule has 1 saturated carbocycles. The molecule has 156 valence electrons. The van der Waals surface area contributed by atoms with Crippen LogP contribution in [0.4, 0.5) is 5.69 Å². The van der Waals surface area contributed by atoms with Crippen molar-refractivity contribution in [3.8, 4) is 23.0 Å². The van der Waals surface area contributed by atoms with E-state index >= 15 is 0 Å². The van der Waals surface area contributed by atoms with Gasteiger partial charge in [-0.3, -0.25) is 4.72 Å². The predicted octanol–water partition coefficient (Wildman–Crippen LogP) is 4.33. The first-order valence-corrected chi connectivity index (χ1v) is 11.4. The van der Waals surface area contributed by atoms with Crippen LogP contribution in [-0.4, -0.2) is 27.4 Å². The first-order chi connectivity index (χ1) is 13.9. The maximum atomic E-state index is 12.9. The molecule has 0 bridgehead atoms. The van der Waals surface area contributed by atoms with Crippen LogP contribution in [0.25, 0.3) is 0 Å². The van der Waals surface area contributed by atoms with Gasteiger partial charge in [0.05, 0.1) is 23.8 Å². The highest BCUT2D eigenvalue weighted by Crippen LogP contribution is 2.47. The number of hydrogen-bond donors (Lipinski definition) is 1. The quantitative estimate of drug-likeness (QED) is 0.719. The SMILES string of the molecule is CCOc1ccc(S(=O)(=O)Nc2ccc3c(c2)OC2(CCCC2)O3)cc1OCC. The molecule has 1 spiro atoms. The minimum absolute atomic E-state index is 0.0920. The maximum absolute atomic E-state index is 12.9. The Kier molecular flexibility index (Phi) is 5.21. The van der Waals surface area contributed by atoms with Crippen molar-refractivity contribution < 1.29 is 27.4 Å². The Bertz CT molecular complexity index is 998. The molecule has 0 saturated heterocycles. The maximum Gasteiger partial charge on any atom is 0.262 e. The Morgan fingerprint density at radius 1 is 0.931 bits per heavy atom. The molecule has 2 aromatic rings. The molecule has 7 nitrogen and oxygen atoms in total. The molecular weight excluding hydrogens is 394 g/mol. The van der Waals surface area contributed by atoms with E-state index in [0.717, 1.165) is 25.7 Å². The van der Waals surface area contributed by atoms with Gasteiger partial charge in [-0.2, -0.15) is 0 Å². The van der Waals surface area contributed by atoms with E-state index in [1.54, 1.807) is 24.3 Å². The van der Waals surface area contributed by atoms with Gasteiger partial charge in [-0.1, -0.05) is 0 Å². The Morgan fingerprint density at radius 3 is 2.34 bits per heavy atom. The van der Waals surface area contributed by atoms with E-state index in [9.17, 15) is 8.42 Å². The van der Waals surface area contributed by atoms with Crippen molar-refractivity contribution in [2.24, 2.45) is 0 Å². The standard InChI is InChI=1S/C21H25NO6S/c1-3-25-17-10-8-16(14-19(17)26-4-2)29(23,24)22-15-7-9-18-20(13-15)28-21(27-18)11-5-6-12-21/h7-10,13-14,22H,3-6,11-12H2,1-2H3. The lowest BCUT2D eigenvalue weighted by atomic mass is 10.2. The van der Waals surface area contributed by atoms with Gasteiger partial charge >= 0.3 is 0 Å². The number of fused-ring (bicyclic) bond motifs is 1. The second-order valence-corrected chi connectivity index (χ2v) is 8.75. The zero-order valence-corrected chi connectivity index (χ0v) is 17.4. The molecule has 2 aliphatic rings. The van der Waals surface area contributed by atoms with Gasteiger partial charge in [0.2, 0.25) is 0 Å². The molecule has 1 fully saturated rings. The molecule has 1 heterocycles. The highest BCUT2D eigenvalue weighted by atomic mass is 32.2. The Balaban J connectivity index is 1.56. The summed E-state index contributed by atoms with van der Waals surface area (Å²) < 4.78 is 51.4. The topological polar surface area (TPSA) is 83.1 Å². The molecule has 4 rings (SSSR count). The van der Waals surface area contributed by atoms with E-state index in [2.05, 4.69) is 4.72 Å². The molecule has 0 atom stereocenters. The van der Waals surface area contributed by atoms with E-state index in [-0.39, 0.29) is 4.90 Å². The van der Waals surface area contributed by atoms with Crippen molar-refractivity contribution in [1.29, 1.82) is 0 Å². The fraction of sp³-hybridized carbons (Fsp3) is 0.429. The van der Waals surface area contributed by atoms with Crippen molar-refractivity contribution in [1.82, 2.24) is 0 Å². The summed E-state index contributed by atoms with van der Waals surface area (Å²) in [4.78, 5) is 0.0920. The van der Waals surface area contributed by atoms with Crippen molar-refractivity contribution in [3.63, 3.8) is 0 Å². The molecule has 0 radical (unpaired) electrons. The molecule has 29 heavy (non-hydrogen) atoms. The third-order valence-electron chi connectivity index (χ3n) is 4.98. The van der Waals surface area contributed by atoms with Crippen molar-refractivity contribution in [2.45, 2.75) is 50.2 Å². The third-order valence-corrected chi connectivity index (χ3v) is 6.36. The number of hydrogen-bond acceptors (Lipinski definition) is 6. The summed E-state index contributed by atoms with van der Waals surface area (Å²) in [5, 5.41) is 0. The van der Waals surface area contributed by atoms with Crippen LogP contribution < -0.4 is 23.7 Å². The third kappa shape index (κ3) is 3.94. The summed E-state index contributed by atoms with van der Waals surface area (Å²) in [5.41, 5.74) is 0.411. The smallest absolute Gasteiger partial charge is 0.262 e. The van der Waals surface area contributed by atoms with Gasteiger partial charge in [0.25, 0.3) is 15.8 Å². The lowest BCUT2D eigenvalue weighted by Gasteiger charge is -2.21. The number of nitrogens with one attached hydrogen (secondary N) is 1. The van der Waals surface area contributed by atoms with Crippen LogP contribution in [0.1, 0.15) is 39.5 Å². The van der Waals surface area contributed by atoms with Crippen LogP contribution in [0.2, 0.25) is 0 Å². The highest BCUT2D eigenvalue weighted by Gasteiger charge is 2.44. The summed E-state index contributed by atoms with van der Waals surface area (Å²) in [6.07, 6.45) is 3.81. The average Bonchev–Trinajstić information content (AvgIpc) is 3.28. The summed E-state index contributed by atoms with van der Waals surface area (Å²) in [7, 11) is -3.81. The van der Waals surface area contributed by atoms with Crippen LogP contribution in [-0.2, 0) is 10.0 Å². The van der Waals surface area contributed by atoms with Gasteiger partial charge in [-0.15, -0.1) is 0 Å². The number of anilines is 1. The Morgan fingerprint density at radius 2 is 1.62 bits per heavy atom. The zero-order valence-electron chi connectivity index (χ0n) is 16.6. The predicted molar refractivity (Wildman–Crippen MR) is 108 cm³/mol. The Labute approximate surface area is 171 Å². The van der Waals surface area contributed by atoms with Crippen LogP contribution in [0, 0.1) is 0 Å².